The summed E-state index contributed by atoms with van der Waals surface area (Å²) in [5, 5.41) is 3.32. The van der Waals surface area contributed by atoms with Gasteiger partial charge in [-0.3, -0.25) is 0 Å². The highest BCUT2D eigenvalue weighted by Crippen LogP contribution is 2.36. The van der Waals surface area contributed by atoms with Gasteiger partial charge in [-0.05, 0) is 24.5 Å². The van der Waals surface area contributed by atoms with Crippen molar-refractivity contribution in [3.05, 3.63) is 17.7 Å². The summed E-state index contributed by atoms with van der Waals surface area (Å²) < 4.78 is 5.26. The monoisotopic (exact) mass is 178 g/mol. The Morgan fingerprint density at radius 1 is 1.46 bits per heavy atom. The van der Waals surface area contributed by atoms with Gasteiger partial charge in [0.05, 0.1) is 18.5 Å². The molecule has 1 aliphatic rings. The first-order valence-corrected chi connectivity index (χ1v) is 4.52. The molecule has 0 saturated carbocycles. The van der Waals surface area contributed by atoms with Crippen molar-refractivity contribution in [1.29, 1.82) is 0 Å². The van der Waals surface area contributed by atoms with Crippen molar-refractivity contribution in [3.8, 4) is 5.75 Å². The second kappa shape index (κ2) is 3.17. The maximum atomic E-state index is 5.79. The third-order valence-electron chi connectivity index (χ3n) is 2.40. The molecule has 0 atom stereocenters. The van der Waals surface area contributed by atoms with Crippen LogP contribution in [0.1, 0.15) is 12.0 Å². The van der Waals surface area contributed by atoms with Crippen LogP contribution in [0, 0.1) is 0 Å². The normalized spacial score (nSPS) is 14.5. The van der Waals surface area contributed by atoms with Crippen LogP contribution in [-0.4, -0.2) is 13.7 Å². The van der Waals surface area contributed by atoms with Gasteiger partial charge in [0.1, 0.15) is 0 Å². The number of benzene rings is 1. The summed E-state index contributed by atoms with van der Waals surface area (Å²) in [5.74, 6) is 0.789. The Balaban J connectivity index is 2.52. The fourth-order valence-electron chi connectivity index (χ4n) is 1.75. The van der Waals surface area contributed by atoms with Crippen LogP contribution < -0.4 is 15.8 Å². The van der Waals surface area contributed by atoms with Crippen LogP contribution in [0.5, 0.6) is 5.75 Å². The van der Waals surface area contributed by atoms with Crippen LogP contribution in [-0.2, 0) is 6.42 Å². The van der Waals surface area contributed by atoms with Crippen molar-refractivity contribution >= 4 is 11.4 Å². The van der Waals surface area contributed by atoms with Gasteiger partial charge in [-0.1, -0.05) is 6.07 Å². The number of nitrogens with one attached hydrogen (secondary N) is 1. The molecule has 3 N–H and O–H groups in total. The van der Waals surface area contributed by atoms with E-state index in [-0.39, 0.29) is 0 Å². The first-order chi connectivity index (χ1) is 6.33. The van der Waals surface area contributed by atoms with E-state index in [9.17, 15) is 0 Å². The van der Waals surface area contributed by atoms with Gasteiger partial charge in [-0.25, -0.2) is 0 Å². The second-order valence-electron chi connectivity index (χ2n) is 3.25. The molecule has 3 nitrogen and oxygen atoms in total. The molecular formula is C10H14N2O. The molecule has 0 aromatic heterocycles. The quantitative estimate of drug-likeness (QED) is 0.642. The summed E-state index contributed by atoms with van der Waals surface area (Å²) in [6.45, 7) is 1.01. The molecule has 2 rings (SSSR count). The Labute approximate surface area is 77.9 Å². The highest BCUT2D eigenvalue weighted by molar-refractivity contribution is 5.73. The second-order valence-corrected chi connectivity index (χ2v) is 3.25. The third-order valence-corrected chi connectivity index (χ3v) is 2.40. The standard InChI is InChI=1S/C10H14N2O/c1-13-10-8(11)5-4-7-3-2-6-12-9(7)10/h4-5,12H,2-3,6,11H2,1H3. The fourth-order valence-corrected chi connectivity index (χ4v) is 1.75. The SMILES string of the molecule is COc1c(N)ccc2c1NCCC2. The summed E-state index contributed by atoms with van der Waals surface area (Å²) in [6, 6.07) is 3.98. The smallest absolute Gasteiger partial charge is 0.165 e. The van der Waals surface area contributed by atoms with Crippen molar-refractivity contribution in [2.75, 3.05) is 24.7 Å². The number of anilines is 2. The van der Waals surface area contributed by atoms with Crippen LogP contribution >= 0.6 is 0 Å². The number of nitrogens with two attached hydrogens (primary N) is 1. The van der Waals surface area contributed by atoms with E-state index in [1.807, 2.05) is 6.07 Å². The predicted octanol–water partition coefficient (Wildman–Crippen LogP) is 1.64. The van der Waals surface area contributed by atoms with Gasteiger partial charge in [-0.15, -0.1) is 0 Å². The number of hydrogen-bond donors (Lipinski definition) is 2. The molecule has 1 heterocycles. The molecule has 0 radical (unpaired) electrons. The van der Waals surface area contributed by atoms with Crippen LogP contribution in [0.15, 0.2) is 12.1 Å². The summed E-state index contributed by atoms with van der Waals surface area (Å²) in [6.07, 6.45) is 2.29. The van der Waals surface area contributed by atoms with E-state index in [4.69, 9.17) is 10.5 Å². The van der Waals surface area contributed by atoms with Gasteiger partial charge in [0.2, 0.25) is 0 Å². The number of hydrogen-bond acceptors (Lipinski definition) is 3. The lowest BCUT2D eigenvalue weighted by molar-refractivity contribution is 0.417. The molecule has 0 amide bonds. The molecule has 13 heavy (non-hydrogen) atoms. The lowest BCUT2D eigenvalue weighted by atomic mass is 10.0. The molecule has 0 aliphatic carbocycles. The minimum Gasteiger partial charge on any atom is -0.492 e. The van der Waals surface area contributed by atoms with Crippen LogP contribution in [0.25, 0.3) is 0 Å². The number of ether oxygens (including phenoxy) is 1. The first-order valence-electron chi connectivity index (χ1n) is 4.52. The fraction of sp³-hybridized carbons (Fsp3) is 0.400. The maximum Gasteiger partial charge on any atom is 0.165 e. The molecule has 0 fully saturated rings. The van der Waals surface area contributed by atoms with Gasteiger partial charge in [0.25, 0.3) is 0 Å². The Morgan fingerprint density at radius 2 is 2.31 bits per heavy atom. The zero-order valence-electron chi connectivity index (χ0n) is 7.76. The largest absolute Gasteiger partial charge is 0.492 e. The van der Waals surface area contributed by atoms with E-state index in [2.05, 4.69) is 11.4 Å². The van der Waals surface area contributed by atoms with Gasteiger partial charge in [0, 0.05) is 6.54 Å². The molecule has 1 aliphatic heterocycles. The topological polar surface area (TPSA) is 47.3 Å². The summed E-state index contributed by atoms with van der Waals surface area (Å²) in [4.78, 5) is 0. The van der Waals surface area contributed by atoms with Crippen molar-refractivity contribution in [2.45, 2.75) is 12.8 Å². The first kappa shape index (κ1) is 8.23. The van der Waals surface area contributed by atoms with Gasteiger partial charge in [-0.2, -0.15) is 0 Å². The Bertz CT molecular complexity index is 323. The number of aryl methyl sites for hydroxylation is 1. The summed E-state index contributed by atoms with van der Waals surface area (Å²) in [5.41, 5.74) is 8.88. The van der Waals surface area contributed by atoms with Crippen molar-refractivity contribution in [3.63, 3.8) is 0 Å². The number of fused-ring (bicyclic) bond motifs is 1. The van der Waals surface area contributed by atoms with E-state index in [0.29, 0.717) is 5.69 Å². The van der Waals surface area contributed by atoms with Crippen LogP contribution in [0.4, 0.5) is 11.4 Å². The van der Waals surface area contributed by atoms with Gasteiger partial charge < -0.3 is 15.8 Å². The minimum absolute atomic E-state index is 0.704. The van der Waals surface area contributed by atoms with E-state index in [1.165, 1.54) is 12.0 Å². The predicted molar refractivity (Wildman–Crippen MR) is 54.2 cm³/mol. The lowest BCUT2D eigenvalue weighted by Gasteiger charge is -2.21. The average molecular weight is 178 g/mol. The van der Waals surface area contributed by atoms with Crippen molar-refractivity contribution in [1.82, 2.24) is 0 Å². The maximum absolute atomic E-state index is 5.79. The lowest BCUT2D eigenvalue weighted by Crippen LogP contribution is -2.13. The van der Waals surface area contributed by atoms with Crippen LogP contribution in [0.3, 0.4) is 0 Å². The van der Waals surface area contributed by atoms with Crippen molar-refractivity contribution < 1.29 is 4.74 Å². The summed E-state index contributed by atoms with van der Waals surface area (Å²) in [7, 11) is 1.66. The van der Waals surface area contributed by atoms with Gasteiger partial charge in [0.15, 0.2) is 5.75 Å². The van der Waals surface area contributed by atoms with E-state index < -0.39 is 0 Å². The highest BCUT2D eigenvalue weighted by Gasteiger charge is 2.14. The molecule has 0 bridgehead atoms. The zero-order valence-corrected chi connectivity index (χ0v) is 7.76. The molecule has 1 aromatic rings. The molecule has 3 heteroatoms. The molecule has 0 spiro atoms. The number of nitrogen functional groups attached to an aromatic ring is 1. The average Bonchev–Trinajstić information content (AvgIpc) is 2.18. The summed E-state index contributed by atoms with van der Waals surface area (Å²) >= 11 is 0. The molecule has 70 valence electrons. The van der Waals surface area contributed by atoms with E-state index >= 15 is 0 Å². The van der Waals surface area contributed by atoms with E-state index in [0.717, 1.165) is 24.4 Å². The Kier molecular flexibility index (Phi) is 2.00. The van der Waals surface area contributed by atoms with Gasteiger partial charge >= 0.3 is 0 Å². The minimum atomic E-state index is 0.704. The van der Waals surface area contributed by atoms with Crippen molar-refractivity contribution in [2.24, 2.45) is 0 Å². The zero-order chi connectivity index (χ0) is 9.26. The van der Waals surface area contributed by atoms with E-state index in [1.54, 1.807) is 7.11 Å². The number of rotatable bonds is 1. The highest BCUT2D eigenvalue weighted by atomic mass is 16.5. The Morgan fingerprint density at radius 3 is 3.08 bits per heavy atom. The molecule has 1 aromatic carbocycles. The molecule has 0 unspecified atom stereocenters. The Hall–Kier alpha value is -1.38. The third kappa shape index (κ3) is 1.30. The molecule has 0 saturated heterocycles. The number of methoxy groups -OCH3 is 1. The van der Waals surface area contributed by atoms with Crippen LogP contribution in [0.2, 0.25) is 0 Å². The molecular weight excluding hydrogens is 164 g/mol.